The second-order valence-corrected chi connectivity index (χ2v) is 9.53. The van der Waals surface area contributed by atoms with Crippen molar-refractivity contribution < 1.29 is 14.6 Å². The largest absolute Gasteiger partial charge is 0.461 e. The first kappa shape index (κ1) is 14.5. The van der Waals surface area contributed by atoms with Gasteiger partial charge in [-0.2, -0.15) is 0 Å². The quantitative estimate of drug-likeness (QED) is 0.595. The van der Waals surface area contributed by atoms with Crippen molar-refractivity contribution in [1.29, 1.82) is 0 Å². The number of carbonyl (C=O) groups excluding carboxylic acids is 1. The Balaban J connectivity index is 1.65. The molecule has 5 fully saturated rings. The summed E-state index contributed by atoms with van der Waals surface area (Å²) >= 11 is 0. The molecule has 0 radical (unpaired) electrons. The number of aliphatic hydroxyl groups is 1. The normalized spacial score (nSPS) is 57.0. The minimum atomic E-state index is -0.605. The molecule has 3 nitrogen and oxygen atoms in total. The number of rotatable bonds is 1. The van der Waals surface area contributed by atoms with Gasteiger partial charge in [-0.25, -0.2) is 0 Å². The smallest absolute Gasteiger partial charge is 0.315 e. The van der Waals surface area contributed by atoms with Crippen molar-refractivity contribution in [2.75, 3.05) is 6.61 Å². The Kier molecular flexibility index (Phi) is 2.66. The molecule has 0 aromatic carbocycles. The monoisotopic (exact) mass is 316 g/mol. The van der Waals surface area contributed by atoms with Crippen LogP contribution in [0.1, 0.15) is 58.3 Å². The fourth-order valence-electron chi connectivity index (χ4n) is 8.13. The van der Waals surface area contributed by atoms with E-state index < -0.39 is 5.41 Å². The van der Waals surface area contributed by atoms with Crippen molar-refractivity contribution in [2.24, 2.45) is 34.0 Å². The highest BCUT2D eigenvalue weighted by atomic mass is 16.6. The summed E-state index contributed by atoms with van der Waals surface area (Å²) in [5.41, 5.74) is 1.30. The first-order valence-corrected chi connectivity index (χ1v) is 9.45. The van der Waals surface area contributed by atoms with Gasteiger partial charge in [-0.3, -0.25) is 4.79 Å². The highest BCUT2D eigenvalue weighted by Gasteiger charge is 2.72. The summed E-state index contributed by atoms with van der Waals surface area (Å²) in [5.74, 6) is 1.49. The third-order valence-corrected chi connectivity index (χ3v) is 8.72. The van der Waals surface area contributed by atoms with Gasteiger partial charge < -0.3 is 9.84 Å². The van der Waals surface area contributed by atoms with Crippen LogP contribution in [0.25, 0.3) is 0 Å². The zero-order valence-electron chi connectivity index (χ0n) is 14.1. The van der Waals surface area contributed by atoms with Crippen LogP contribution >= 0.6 is 0 Å². The minimum Gasteiger partial charge on any atom is -0.461 e. The summed E-state index contributed by atoms with van der Waals surface area (Å²) in [4.78, 5) is 12.7. The first-order valence-electron chi connectivity index (χ1n) is 9.45. The summed E-state index contributed by atoms with van der Waals surface area (Å²) in [7, 11) is 0. The van der Waals surface area contributed by atoms with E-state index in [1.807, 2.05) is 0 Å². The molecular formula is C20H28O3. The van der Waals surface area contributed by atoms with E-state index in [0.717, 1.165) is 25.7 Å². The maximum atomic E-state index is 12.7. The first-order chi connectivity index (χ1) is 11.0. The second kappa shape index (κ2) is 4.22. The molecule has 4 saturated carbocycles. The van der Waals surface area contributed by atoms with Gasteiger partial charge in [0.05, 0.1) is 12.0 Å². The molecule has 0 unspecified atom stereocenters. The second-order valence-electron chi connectivity index (χ2n) is 9.53. The summed E-state index contributed by atoms with van der Waals surface area (Å²) in [5, 5.41) is 10.1. The van der Waals surface area contributed by atoms with E-state index in [0.29, 0.717) is 17.3 Å². The van der Waals surface area contributed by atoms with E-state index >= 15 is 0 Å². The molecule has 5 aliphatic rings. The van der Waals surface area contributed by atoms with Crippen LogP contribution < -0.4 is 0 Å². The van der Waals surface area contributed by atoms with Crippen LogP contribution in [-0.2, 0) is 9.53 Å². The van der Waals surface area contributed by atoms with Crippen molar-refractivity contribution >= 4 is 5.97 Å². The van der Waals surface area contributed by atoms with Crippen LogP contribution in [-0.4, -0.2) is 23.8 Å². The molecule has 4 aliphatic carbocycles. The lowest BCUT2D eigenvalue weighted by molar-refractivity contribution is -0.165. The molecule has 2 bridgehead atoms. The van der Waals surface area contributed by atoms with Gasteiger partial charge >= 0.3 is 5.97 Å². The zero-order chi connectivity index (χ0) is 16.0. The molecule has 23 heavy (non-hydrogen) atoms. The molecule has 5 rings (SSSR count). The summed E-state index contributed by atoms with van der Waals surface area (Å²) in [6, 6.07) is 0. The van der Waals surface area contributed by atoms with Gasteiger partial charge in [-0.15, -0.1) is 0 Å². The SMILES string of the molecule is C=C1C[C@]23C[C@H]1CC[C@H]2[C@]1(C)CCC[C@@]2(CO)C(=O)O[C@@H](C3)[C@H]21. The molecule has 1 aliphatic heterocycles. The van der Waals surface area contributed by atoms with Crippen molar-refractivity contribution in [3.05, 3.63) is 12.2 Å². The van der Waals surface area contributed by atoms with E-state index in [1.54, 1.807) is 0 Å². The lowest BCUT2D eigenvalue weighted by Crippen LogP contribution is -2.60. The van der Waals surface area contributed by atoms with Gasteiger partial charge in [0.1, 0.15) is 6.10 Å². The van der Waals surface area contributed by atoms with E-state index in [-0.39, 0.29) is 30.0 Å². The number of esters is 1. The Morgan fingerprint density at radius 1 is 1.30 bits per heavy atom. The Morgan fingerprint density at radius 2 is 2.13 bits per heavy atom. The molecule has 7 atom stereocenters. The number of hydrogen-bond acceptors (Lipinski definition) is 3. The number of ether oxygens (including phenoxy) is 1. The molecule has 0 aromatic heterocycles. The zero-order valence-corrected chi connectivity index (χ0v) is 14.1. The van der Waals surface area contributed by atoms with Gasteiger partial charge in [-0.05, 0) is 67.6 Å². The highest BCUT2D eigenvalue weighted by Crippen LogP contribution is 2.74. The number of hydrogen-bond donors (Lipinski definition) is 1. The van der Waals surface area contributed by atoms with Crippen LogP contribution in [0.2, 0.25) is 0 Å². The molecular weight excluding hydrogens is 288 g/mol. The molecule has 126 valence electrons. The highest BCUT2D eigenvalue weighted by molar-refractivity contribution is 5.80. The van der Waals surface area contributed by atoms with Crippen molar-refractivity contribution in [2.45, 2.75) is 64.4 Å². The average Bonchev–Trinajstić information content (AvgIpc) is 2.92. The maximum Gasteiger partial charge on any atom is 0.315 e. The third-order valence-electron chi connectivity index (χ3n) is 8.72. The number of allylic oxidation sites excluding steroid dienone is 1. The molecule has 1 heterocycles. The number of carbonyl (C=O) groups is 1. The van der Waals surface area contributed by atoms with Gasteiger partial charge in [0.2, 0.25) is 0 Å². The standard InChI is InChI=1S/C20H28O3/c1-12-8-19-9-13(12)4-5-15(19)18(2)6-3-7-20(11-21)16(18)14(10-19)23-17(20)22/h13-16,21H,1,3-11H2,2H3/t13-,14+,15+,16+,18+,19-,20+/m1/s1. The predicted molar refractivity (Wildman–Crippen MR) is 86.5 cm³/mol. The summed E-state index contributed by atoms with van der Waals surface area (Å²) in [6.07, 6.45) is 9.06. The van der Waals surface area contributed by atoms with Crippen molar-refractivity contribution in [3.8, 4) is 0 Å². The van der Waals surface area contributed by atoms with E-state index in [4.69, 9.17) is 4.74 Å². The fourth-order valence-corrected chi connectivity index (χ4v) is 8.13. The van der Waals surface area contributed by atoms with Crippen molar-refractivity contribution in [3.63, 3.8) is 0 Å². The van der Waals surface area contributed by atoms with Gasteiger partial charge in [0.15, 0.2) is 0 Å². The Hall–Kier alpha value is -0.830. The van der Waals surface area contributed by atoms with E-state index in [2.05, 4.69) is 13.5 Å². The third kappa shape index (κ3) is 1.49. The number of fused-ring (bicyclic) bond motifs is 2. The van der Waals surface area contributed by atoms with Crippen LogP contribution in [0.3, 0.4) is 0 Å². The fraction of sp³-hybridized carbons (Fsp3) is 0.850. The van der Waals surface area contributed by atoms with Gasteiger partial charge in [-0.1, -0.05) is 25.5 Å². The molecule has 0 amide bonds. The summed E-state index contributed by atoms with van der Waals surface area (Å²) < 4.78 is 5.94. The topological polar surface area (TPSA) is 46.5 Å². The number of aliphatic hydroxyl groups excluding tert-OH is 1. The molecule has 3 heteroatoms. The van der Waals surface area contributed by atoms with E-state index in [9.17, 15) is 9.90 Å². The van der Waals surface area contributed by atoms with Gasteiger partial charge in [0, 0.05) is 5.92 Å². The average molecular weight is 316 g/mol. The van der Waals surface area contributed by atoms with Crippen LogP contribution in [0.4, 0.5) is 0 Å². The lowest BCUT2D eigenvalue weighted by atomic mass is 9.41. The Labute approximate surface area is 138 Å². The van der Waals surface area contributed by atoms with E-state index in [1.165, 1.54) is 31.3 Å². The summed E-state index contributed by atoms with van der Waals surface area (Å²) in [6.45, 7) is 6.76. The predicted octanol–water partition coefficient (Wildman–Crippen LogP) is 3.46. The molecule has 0 aromatic rings. The van der Waals surface area contributed by atoms with Gasteiger partial charge in [0.25, 0.3) is 0 Å². The van der Waals surface area contributed by atoms with Crippen LogP contribution in [0.5, 0.6) is 0 Å². The lowest BCUT2D eigenvalue weighted by Gasteiger charge is -2.62. The molecule has 1 spiro atoms. The molecule has 1 N–H and O–H groups in total. The molecule has 1 saturated heterocycles. The van der Waals surface area contributed by atoms with Crippen molar-refractivity contribution in [1.82, 2.24) is 0 Å². The maximum absolute atomic E-state index is 12.7. The van der Waals surface area contributed by atoms with Crippen LogP contribution in [0, 0.1) is 34.0 Å². The minimum absolute atomic E-state index is 0.0286. The Bertz CT molecular complexity index is 598. The Morgan fingerprint density at radius 3 is 2.91 bits per heavy atom. The van der Waals surface area contributed by atoms with Crippen LogP contribution in [0.15, 0.2) is 12.2 Å².